The van der Waals surface area contributed by atoms with Gasteiger partial charge in [-0.25, -0.2) is 4.99 Å². The number of ether oxygens (including phenoxy) is 2. The summed E-state index contributed by atoms with van der Waals surface area (Å²) in [6.07, 6.45) is 0. The lowest BCUT2D eigenvalue weighted by molar-refractivity contribution is 0.0944. The highest BCUT2D eigenvalue weighted by Crippen LogP contribution is 2.44. The van der Waals surface area contributed by atoms with Crippen LogP contribution in [0.4, 0.5) is 0 Å². The molecule has 6 heteroatoms. The summed E-state index contributed by atoms with van der Waals surface area (Å²) in [5, 5.41) is 3.57. The van der Waals surface area contributed by atoms with Gasteiger partial charge in [0.2, 0.25) is 6.79 Å². The van der Waals surface area contributed by atoms with Crippen LogP contribution in [0.25, 0.3) is 0 Å². The molecule has 5 rings (SSSR count). The number of hydrogen-bond acceptors (Lipinski definition) is 4. The lowest BCUT2D eigenvalue weighted by Gasteiger charge is -2.29. The monoisotopic (exact) mass is 336 g/mol. The minimum Gasteiger partial charge on any atom is -0.454 e. The Morgan fingerprint density at radius 2 is 1.92 bits per heavy atom. The van der Waals surface area contributed by atoms with Crippen molar-refractivity contribution in [2.75, 3.05) is 6.79 Å². The highest BCUT2D eigenvalue weighted by Gasteiger charge is 2.46. The van der Waals surface area contributed by atoms with Gasteiger partial charge in [-0.1, -0.05) is 36.4 Å². The zero-order valence-electron chi connectivity index (χ0n) is 12.5. The van der Waals surface area contributed by atoms with E-state index in [1.165, 1.54) is 0 Å². The molecule has 2 aliphatic heterocycles. The van der Waals surface area contributed by atoms with Gasteiger partial charge >= 0.3 is 0 Å². The van der Waals surface area contributed by atoms with Crippen molar-refractivity contribution in [3.63, 3.8) is 0 Å². The number of carbonyl (C=O) groups is 1. The molecule has 118 valence electrons. The summed E-state index contributed by atoms with van der Waals surface area (Å²) in [5.41, 5.74) is 3.17. The molecule has 2 atom stereocenters. The fraction of sp³-hybridized carbons (Fsp3) is 0.167. The molecule has 1 aliphatic carbocycles. The third-order valence-electron chi connectivity index (χ3n) is 4.64. The summed E-state index contributed by atoms with van der Waals surface area (Å²) in [6, 6.07) is 12.9. The number of fused-ring (bicyclic) bond motifs is 4. The molecular formula is C18H12N2O3S. The first kappa shape index (κ1) is 13.7. The standard InChI is InChI=1S/C18H12N2O3S/c21-16-10-5-2-1-4-9(10)14-13(16)15(20-18(24)19-14)11-6-3-7-12-17(11)23-8-22-12/h1-7,13,15H,8H2,(H,20,24). The van der Waals surface area contributed by atoms with Crippen LogP contribution in [0.5, 0.6) is 11.5 Å². The van der Waals surface area contributed by atoms with Crippen molar-refractivity contribution in [3.05, 3.63) is 59.2 Å². The third-order valence-corrected chi connectivity index (χ3v) is 4.85. The van der Waals surface area contributed by atoms with Gasteiger partial charge in [-0.3, -0.25) is 4.79 Å². The molecule has 5 nitrogen and oxygen atoms in total. The zero-order valence-corrected chi connectivity index (χ0v) is 13.3. The molecule has 0 bridgehead atoms. The number of nitrogens with zero attached hydrogens (tertiary/aromatic N) is 1. The molecule has 2 unspecified atom stereocenters. The van der Waals surface area contributed by atoms with Crippen molar-refractivity contribution in [2.24, 2.45) is 10.9 Å². The van der Waals surface area contributed by atoms with Gasteiger partial charge in [0.25, 0.3) is 0 Å². The van der Waals surface area contributed by atoms with Crippen molar-refractivity contribution >= 4 is 28.8 Å². The fourth-order valence-electron chi connectivity index (χ4n) is 3.63. The molecule has 1 N–H and O–H groups in total. The van der Waals surface area contributed by atoms with E-state index in [-0.39, 0.29) is 18.6 Å². The summed E-state index contributed by atoms with van der Waals surface area (Å²) < 4.78 is 11.1. The predicted octanol–water partition coefficient (Wildman–Crippen LogP) is 2.65. The Kier molecular flexibility index (Phi) is 2.78. The van der Waals surface area contributed by atoms with E-state index in [1.807, 2.05) is 42.5 Å². The Balaban J connectivity index is 1.68. The molecule has 2 heterocycles. The minimum atomic E-state index is -0.412. The maximum atomic E-state index is 13.0. The van der Waals surface area contributed by atoms with E-state index in [1.54, 1.807) is 0 Å². The van der Waals surface area contributed by atoms with E-state index in [0.29, 0.717) is 22.2 Å². The smallest absolute Gasteiger partial charge is 0.231 e. The van der Waals surface area contributed by atoms with Gasteiger partial charge in [-0.15, -0.1) is 0 Å². The minimum absolute atomic E-state index is 0.0564. The average molecular weight is 336 g/mol. The second-order valence-corrected chi connectivity index (χ2v) is 6.28. The van der Waals surface area contributed by atoms with Crippen molar-refractivity contribution in [1.29, 1.82) is 0 Å². The quantitative estimate of drug-likeness (QED) is 0.811. The highest BCUT2D eigenvalue weighted by molar-refractivity contribution is 7.80. The molecule has 0 aromatic heterocycles. The van der Waals surface area contributed by atoms with Crippen molar-refractivity contribution in [1.82, 2.24) is 5.32 Å². The van der Waals surface area contributed by atoms with Crippen LogP contribution < -0.4 is 14.8 Å². The molecule has 24 heavy (non-hydrogen) atoms. The van der Waals surface area contributed by atoms with Crippen molar-refractivity contribution < 1.29 is 14.3 Å². The first-order chi connectivity index (χ1) is 11.7. The molecule has 2 aromatic carbocycles. The van der Waals surface area contributed by atoms with E-state index < -0.39 is 5.92 Å². The fourth-order valence-corrected chi connectivity index (χ4v) is 3.86. The normalized spacial score (nSPS) is 23.4. The number of nitrogens with one attached hydrogen (secondary N) is 1. The molecule has 0 radical (unpaired) electrons. The number of ketones is 1. The molecular weight excluding hydrogens is 324 g/mol. The molecule has 0 amide bonds. The number of rotatable bonds is 1. The summed E-state index contributed by atoms with van der Waals surface area (Å²) in [7, 11) is 0. The van der Waals surface area contributed by atoms with Crippen LogP contribution in [-0.2, 0) is 0 Å². The maximum absolute atomic E-state index is 13.0. The van der Waals surface area contributed by atoms with E-state index in [2.05, 4.69) is 10.3 Å². The van der Waals surface area contributed by atoms with Crippen LogP contribution in [0, 0.1) is 5.92 Å². The first-order valence-electron chi connectivity index (χ1n) is 7.65. The number of thiocarbonyl (C=S) groups is 1. The van der Waals surface area contributed by atoms with Crippen LogP contribution >= 0.6 is 12.2 Å². The predicted molar refractivity (Wildman–Crippen MR) is 91.8 cm³/mol. The van der Waals surface area contributed by atoms with Crippen molar-refractivity contribution in [3.8, 4) is 11.5 Å². The number of hydrogen-bond donors (Lipinski definition) is 1. The lowest BCUT2D eigenvalue weighted by atomic mass is 9.87. The SMILES string of the molecule is O=C1c2ccccc2C2=NC(=S)NC(c3cccc4c3OCO4)C12. The van der Waals surface area contributed by atoms with Crippen LogP contribution in [0.2, 0.25) is 0 Å². The molecule has 0 fully saturated rings. The Hall–Kier alpha value is -2.73. The van der Waals surface area contributed by atoms with Gasteiger partial charge in [0.1, 0.15) is 0 Å². The molecule has 0 saturated heterocycles. The van der Waals surface area contributed by atoms with Gasteiger partial charge in [0, 0.05) is 16.7 Å². The van der Waals surface area contributed by atoms with Crippen LogP contribution in [-0.4, -0.2) is 23.4 Å². The van der Waals surface area contributed by atoms with Gasteiger partial charge in [-0.05, 0) is 18.3 Å². The van der Waals surface area contributed by atoms with Crippen molar-refractivity contribution in [2.45, 2.75) is 6.04 Å². The Bertz CT molecular complexity index is 938. The van der Waals surface area contributed by atoms with Crippen LogP contribution in [0.1, 0.15) is 27.5 Å². The van der Waals surface area contributed by atoms with E-state index >= 15 is 0 Å². The van der Waals surface area contributed by atoms with Gasteiger partial charge < -0.3 is 14.8 Å². The molecule has 2 aromatic rings. The maximum Gasteiger partial charge on any atom is 0.231 e. The van der Waals surface area contributed by atoms with Gasteiger partial charge in [-0.2, -0.15) is 0 Å². The number of aliphatic imine (C=N–C) groups is 1. The third kappa shape index (κ3) is 1.77. The summed E-state index contributed by atoms with van der Waals surface area (Å²) in [6.45, 7) is 0.184. The van der Waals surface area contributed by atoms with Gasteiger partial charge in [0.15, 0.2) is 22.4 Å². The Labute approximate surface area is 143 Å². The summed E-state index contributed by atoms with van der Waals surface area (Å²) in [5.74, 6) is 1.00. The molecule has 0 saturated carbocycles. The molecule has 0 spiro atoms. The topological polar surface area (TPSA) is 59.9 Å². The second-order valence-electron chi connectivity index (χ2n) is 5.89. The summed E-state index contributed by atoms with van der Waals surface area (Å²) >= 11 is 5.32. The van der Waals surface area contributed by atoms with E-state index in [0.717, 1.165) is 16.8 Å². The van der Waals surface area contributed by atoms with E-state index in [4.69, 9.17) is 21.7 Å². The number of benzene rings is 2. The average Bonchev–Trinajstić information content (AvgIpc) is 3.18. The van der Waals surface area contributed by atoms with Crippen LogP contribution in [0.3, 0.4) is 0 Å². The van der Waals surface area contributed by atoms with Crippen LogP contribution in [0.15, 0.2) is 47.5 Å². The number of para-hydroxylation sites is 1. The summed E-state index contributed by atoms with van der Waals surface area (Å²) in [4.78, 5) is 17.4. The van der Waals surface area contributed by atoms with Gasteiger partial charge in [0.05, 0.1) is 17.7 Å². The van der Waals surface area contributed by atoms with E-state index in [9.17, 15) is 4.79 Å². The lowest BCUT2D eigenvalue weighted by Crippen LogP contribution is -2.41. The molecule has 3 aliphatic rings. The number of carbonyl (C=O) groups excluding carboxylic acids is 1. The highest BCUT2D eigenvalue weighted by atomic mass is 32.1. The largest absolute Gasteiger partial charge is 0.454 e. The first-order valence-corrected chi connectivity index (χ1v) is 8.06. The Morgan fingerprint density at radius 1 is 1.08 bits per heavy atom. The Morgan fingerprint density at radius 3 is 2.79 bits per heavy atom. The zero-order chi connectivity index (χ0) is 16.3. The second kappa shape index (κ2) is 4.88. The number of Topliss-reactive ketones (excluding diaryl/α,β-unsaturated/α-hetero) is 1.